The lowest BCUT2D eigenvalue weighted by Crippen LogP contribution is -2.34. The molecular formula is C22H25NO5S. The Morgan fingerprint density at radius 2 is 1.76 bits per heavy atom. The number of rotatable bonds is 8. The third kappa shape index (κ3) is 7.19. The summed E-state index contributed by atoms with van der Waals surface area (Å²) in [6, 6.07) is 10.6. The first-order valence-corrected chi connectivity index (χ1v) is 9.90. The van der Waals surface area contributed by atoms with Gasteiger partial charge in [-0.05, 0) is 35.9 Å². The molecule has 0 radical (unpaired) electrons. The second-order valence-electron chi connectivity index (χ2n) is 7.34. The van der Waals surface area contributed by atoms with Crippen molar-refractivity contribution in [3.8, 4) is 5.75 Å². The van der Waals surface area contributed by atoms with Crippen molar-refractivity contribution >= 4 is 35.1 Å². The summed E-state index contributed by atoms with van der Waals surface area (Å²) in [7, 11) is 1.58. The minimum Gasteiger partial charge on any atom is -0.497 e. The van der Waals surface area contributed by atoms with E-state index in [9.17, 15) is 14.4 Å². The van der Waals surface area contributed by atoms with Crippen LogP contribution >= 0.6 is 11.3 Å². The van der Waals surface area contributed by atoms with Gasteiger partial charge in [0.05, 0.1) is 18.5 Å². The van der Waals surface area contributed by atoms with Crippen LogP contribution in [0.2, 0.25) is 0 Å². The number of thiophene rings is 1. The number of hydrogen-bond acceptors (Lipinski definition) is 6. The van der Waals surface area contributed by atoms with Gasteiger partial charge >= 0.3 is 5.97 Å². The zero-order chi connectivity index (χ0) is 21.4. The number of benzene rings is 1. The molecule has 29 heavy (non-hydrogen) atoms. The van der Waals surface area contributed by atoms with Gasteiger partial charge in [0, 0.05) is 16.4 Å². The molecule has 0 spiro atoms. The van der Waals surface area contributed by atoms with Crippen LogP contribution < -0.4 is 10.1 Å². The molecule has 1 aromatic carbocycles. The summed E-state index contributed by atoms with van der Waals surface area (Å²) in [4.78, 5) is 37.3. The number of hydrogen-bond donors (Lipinski definition) is 1. The van der Waals surface area contributed by atoms with E-state index in [4.69, 9.17) is 9.47 Å². The van der Waals surface area contributed by atoms with Crippen LogP contribution in [0.25, 0.3) is 6.08 Å². The van der Waals surface area contributed by atoms with Gasteiger partial charge in [0.2, 0.25) is 11.7 Å². The van der Waals surface area contributed by atoms with E-state index in [1.807, 2.05) is 20.8 Å². The van der Waals surface area contributed by atoms with Crippen LogP contribution in [-0.4, -0.2) is 31.4 Å². The Kier molecular flexibility index (Phi) is 7.73. The summed E-state index contributed by atoms with van der Waals surface area (Å²) >= 11 is 1.27. The molecule has 0 atom stereocenters. The number of carbonyl (C=O) groups excluding carboxylic acids is 3. The van der Waals surface area contributed by atoms with Crippen LogP contribution in [0.3, 0.4) is 0 Å². The van der Waals surface area contributed by atoms with Gasteiger partial charge in [0.25, 0.3) is 0 Å². The number of nitrogens with one attached hydrogen (secondary N) is 1. The Morgan fingerprint density at radius 3 is 2.38 bits per heavy atom. The van der Waals surface area contributed by atoms with Crippen LogP contribution in [0, 0.1) is 5.41 Å². The first-order valence-electron chi connectivity index (χ1n) is 9.08. The van der Waals surface area contributed by atoms with Crippen molar-refractivity contribution in [1.82, 2.24) is 5.32 Å². The van der Waals surface area contributed by atoms with Crippen molar-refractivity contribution in [2.45, 2.75) is 27.3 Å². The summed E-state index contributed by atoms with van der Waals surface area (Å²) in [5.41, 5.74) is 0.345. The fourth-order valence-electron chi connectivity index (χ4n) is 2.19. The largest absolute Gasteiger partial charge is 0.497 e. The third-order valence-electron chi connectivity index (χ3n) is 3.91. The number of Topliss-reactive ketones (excluding diaryl/α,β-unsaturated/α-hetero) is 1. The van der Waals surface area contributed by atoms with E-state index < -0.39 is 11.4 Å². The standard InChI is InChI=1S/C22H25NO5S/c1-22(2,3)21(26)23-13-17-10-11-19(29-17)18(24)14-28-20(25)12-7-15-5-8-16(27-4)9-6-15/h5-12H,13-14H2,1-4H3,(H,23,26)/b12-7+. The van der Waals surface area contributed by atoms with E-state index in [-0.39, 0.29) is 18.3 Å². The highest BCUT2D eigenvalue weighted by atomic mass is 32.1. The molecule has 7 heteroatoms. The number of amides is 1. The predicted octanol–water partition coefficient (Wildman–Crippen LogP) is 3.86. The van der Waals surface area contributed by atoms with Gasteiger partial charge in [0.15, 0.2) is 6.61 Å². The first-order chi connectivity index (χ1) is 13.7. The van der Waals surface area contributed by atoms with Gasteiger partial charge in [-0.15, -0.1) is 11.3 Å². The maximum atomic E-state index is 12.2. The molecule has 2 rings (SSSR count). The topological polar surface area (TPSA) is 81.7 Å². The van der Waals surface area contributed by atoms with E-state index in [0.29, 0.717) is 11.4 Å². The summed E-state index contributed by atoms with van der Waals surface area (Å²) < 4.78 is 10.1. The summed E-state index contributed by atoms with van der Waals surface area (Å²) in [6.07, 6.45) is 2.88. The number of ether oxygens (including phenoxy) is 2. The molecule has 0 unspecified atom stereocenters. The van der Waals surface area contributed by atoms with Gasteiger partial charge < -0.3 is 14.8 Å². The molecule has 0 bridgehead atoms. The van der Waals surface area contributed by atoms with E-state index in [1.54, 1.807) is 49.6 Å². The Balaban J connectivity index is 1.81. The molecular weight excluding hydrogens is 390 g/mol. The molecule has 1 aromatic heterocycles. The van der Waals surface area contributed by atoms with Crippen molar-refractivity contribution < 1.29 is 23.9 Å². The average molecular weight is 416 g/mol. The molecule has 0 aliphatic carbocycles. The normalized spacial score (nSPS) is 11.3. The quantitative estimate of drug-likeness (QED) is 0.402. The Labute approximate surface area is 174 Å². The summed E-state index contributed by atoms with van der Waals surface area (Å²) in [5.74, 6) is -0.210. The maximum Gasteiger partial charge on any atom is 0.331 e. The van der Waals surface area contributed by atoms with Gasteiger partial charge in [0.1, 0.15) is 5.75 Å². The van der Waals surface area contributed by atoms with Crippen molar-refractivity contribution in [3.63, 3.8) is 0 Å². The van der Waals surface area contributed by atoms with Crippen LogP contribution in [-0.2, 0) is 20.9 Å². The lowest BCUT2D eigenvalue weighted by atomic mass is 9.96. The summed E-state index contributed by atoms with van der Waals surface area (Å²) in [5, 5.41) is 2.84. The minimum atomic E-state index is -0.594. The van der Waals surface area contributed by atoms with Gasteiger partial charge in [-0.1, -0.05) is 32.9 Å². The number of esters is 1. The van der Waals surface area contributed by atoms with Crippen LogP contribution in [0.1, 0.15) is 40.9 Å². The molecule has 1 N–H and O–H groups in total. The molecule has 2 aromatic rings. The number of ketones is 1. The zero-order valence-corrected chi connectivity index (χ0v) is 17.8. The van der Waals surface area contributed by atoms with Crippen LogP contribution in [0.15, 0.2) is 42.5 Å². The van der Waals surface area contributed by atoms with Crippen molar-refractivity contribution in [2.75, 3.05) is 13.7 Å². The van der Waals surface area contributed by atoms with Gasteiger partial charge in [-0.3, -0.25) is 9.59 Å². The van der Waals surface area contributed by atoms with E-state index >= 15 is 0 Å². The molecule has 0 fully saturated rings. The Bertz CT molecular complexity index is 891. The lowest BCUT2D eigenvalue weighted by molar-refractivity contribution is -0.136. The second kappa shape index (κ2) is 10.0. The van der Waals surface area contributed by atoms with Gasteiger partial charge in [-0.25, -0.2) is 4.79 Å². The average Bonchev–Trinajstić information content (AvgIpc) is 3.17. The summed E-state index contributed by atoms with van der Waals surface area (Å²) in [6.45, 7) is 5.54. The highest BCUT2D eigenvalue weighted by molar-refractivity contribution is 7.14. The van der Waals surface area contributed by atoms with Crippen molar-refractivity contribution in [1.29, 1.82) is 0 Å². The van der Waals surface area contributed by atoms with E-state index in [0.717, 1.165) is 16.2 Å². The smallest absolute Gasteiger partial charge is 0.331 e. The molecule has 0 aliphatic rings. The lowest BCUT2D eigenvalue weighted by Gasteiger charge is -2.17. The zero-order valence-electron chi connectivity index (χ0n) is 17.0. The van der Waals surface area contributed by atoms with Crippen LogP contribution in [0.5, 0.6) is 5.75 Å². The molecule has 1 heterocycles. The molecule has 0 saturated heterocycles. The fraction of sp³-hybridized carbons (Fsp3) is 0.318. The molecule has 154 valence electrons. The highest BCUT2D eigenvalue weighted by Gasteiger charge is 2.21. The van der Waals surface area contributed by atoms with Crippen molar-refractivity contribution in [3.05, 3.63) is 57.8 Å². The number of carbonyl (C=O) groups is 3. The Morgan fingerprint density at radius 1 is 1.07 bits per heavy atom. The van der Waals surface area contributed by atoms with E-state index in [1.165, 1.54) is 17.4 Å². The highest BCUT2D eigenvalue weighted by Crippen LogP contribution is 2.19. The molecule has 0 aliphatic heterocycles. The molecule has 0 saturated carbocycles. The maximum absolute atomic E-state index is 12.2. The SMILES string of the molecule is COc1ccc(/C=C/C(=O)OCC(=O)c2ccc(CNC(=O)C(C)(C)C)s2)cc1. The third-order valence-corrected chi connectivity index (χ3v) is 5.04. The second-order valence-corrected chi connectivity index (χ2v) is 8.50. The minimum absolute atomic E-state index is 0.0589. The van der Waals surface area contributed by atoms with Gasteiger partial charge in [-0.2, -0.15) is 0 Å². The van der Waals surface area contributed by atoms with Crippen molar-refractivity contribution in [2.24, 2.45) is 5.41 Å². The molecule has 1 amide bonds. The van der Waals surface area contributed by atoms with E-state index in [2.05, 4.69) is 5.32 Å². The first kappa shape index (κ1) is 22.4. The molecule has 6 nitrogen and oxygen atoms in total. The predicted molar refractivity (Wildman–Crippen MR) is 113 cm³/mol. The number of methoxy groups -OCH3 is 1. The fourth-order valence-corrected chi connectivity index (χ4v) is 3.06. The Hall–Kier alpha value is -2.93. The monoisotopic (exact) mass is 415 g/mol. The van der Waals surface area contributed by atoms with Crippen LogP contribution in [0.4, 0.5) is 0 Å².